The first kappa shape index (κ1) is 25.1. The van der Waals surface area contributed by atoms with Crippen LogP contribution in [-0.4, -0.2) is 62.9 Å². The Morgan fingerprint density at radius 3 is 1.74 bits per heavy atom. The molecule has 0 saturated heterocycles. The smallest absolute Gasteiger partial charge is 0.329 e. The van der Waals surface area contributed by atoms with Crippen LogP contribution in [0.25, 0.3) is 0 Å². The molecule has 2 aromatic carbocycles. The zero-order chi connectivity index (χ0) is 24.3. The van der Waals surface area contributed by atoms with Crippen LogP contribution in [-0.2, 0) is 14.3 Å². The van der Waals surface area contributed by atoms with E-state index >= 15 is 0 Å². The average Bonchev–Trinajstić information content (AvgIpc) is 2.89. The molecule has 1 aliphatic carbocycles. The van der Waals surface area contributed by atoms with Gasteiger partial charge in [-0.05, 0) is 43.0 Å². The van der Waals surface area contributed by atoms with Crippen LogP contribution in [0.2, 0.25) is 0 Å². The molecule has 0 atom stereocenters. The molecule has 1 aliphatic heterocycles. The molecule has 0 unspecified atom stereocenters. The van der Waals surface area contributed by atoms with Gasteiger partial charge in [-0.25, -0.2) is 4.79 Å². The molecule has 0 spiro atoms. The van der Waals surface area contributed by atoms with Gasteiger partial charge in [0.25, 0.3) is 0 Å². The van der Waals surface area contributed by atoms with Gasteiger partial charge in [-0.2, -0.15) is 0 Å². The molecule has 8 nitrogen and oxygen atoms in total. The van der Waals surface area contributed by atoms with Crippen LogP contribution in [0, 0.1) is 5.92 Å². The number of carboxylic acids is 1. The second-order valence-electron chi connectivity index (χ2n) is 8.86. The average molecular weight is 487 g/mol. The Labute approximate surface area is 206 Å². The number of para-hydroxylation sites is 4. The summed E-state index contributed by atoms with van der Waals surface area (Å²) >= 11 is 0. The van der Waals surface area contributed by atoms with Crippen LogP contribution in [0.15, 0.2) is 48.5 Å². The minimum absolute atomic E-state index is 0.0871. The Morgan fingerprint density at radius 2 is 1.26 bits per heavy atom. The van der Waals surface area contributed by atoms with Gasteiger partial charge >= 0.3 is 5.97 Å². The molecule has 1 N–H and O–H groups in total. The largest absolute Gasteiger partial charge is 0.487 e. The second kappa shape index (κ2) is 12.7. The normalized spacial score (nSPS) is 19.5. The molecule has 1 saturated carbocycles. The zero-order valence-corrected chi connectivity index (χ0v) is 20.0. The lowest BCUT2D eigenvalue weighted by Gasteiger charge is -2.41. The molecule has 0 bridgehead atoms. The van der Waals surface area contributed by atoms with Crippen molar-refractivity contribution in [2.75, 3.05) is 46.2 Å². The van der Waals surface area contributed by atoms with Crippen molar-refractivity contribution < 1.29 is 38.3 Å². The van der Waals surface area contributed by atoms with E-state index in [1.54, 1.807) is 0 Å². The van der Waals surface area contributed by atoms with Crippen molar-refractivity contribution in [1.82, 2.24) is 0 Å². The first-order valence-corrected chi connectivity index (χ1v) is 12.3. The van der Waals surface area contributed by atoms with E-state index < -0.39 is 18.2 Å². The predicted octanol–water partition coefficient (Wildman–Crippen LogP) is 4.35. The Morgan fingerprint density at radius 1 is 0.771 bits per heavy atom. The van der Waals surface area contributed by atoms with Crippen molar-refractivity contribution in [1.29, 1.82) is 0 Å². The number of ether oxygens (including phenoxy) is 6. The Hall–Kier alpha value is -2.97. The standard InChI is InChI=1S/C27H34O8/c28-26(29)18-35-27(21-8-2-1-3-9-21)19-33-24-12-6-4-10-22(24)31-16-14-30-15-17-32-23-11-5-7-13-25(23)34-20-27/h4-7,10-13,21H,1-3,8-9,14-20H2,(H,28,29). The molecular weight excluding hydrogens is 452 g/mol. The number of benzene rings is 2. The van der Waals surface area contributed by atoms with Gasteiger partial charge in [-0.1, -0.05) is 43.5 Å². The monoisotopic (exact) mass is 486 g/mol. The van der Waals surface area contributed by atoms with Crippen molar-refractivity contribution in [3.05, 3.63) is 48.5 Å². The summed E-state index contributed by atoms with van der Waals surface area (Å²) in [4.78, 5) is 11.5. The summed E-state index contributed by atoms with van der Waals surface area (Å²) in [7, 11) is 0. The SMILES string of the molecule is O=C(O)COC1(C2CCCCC2)COc2ccccc2OCCOCCOc2ccccc2OC1. The van der Waals surface area contributed by atoms with Crippen LogP contribution in [0.5, 0.6) is 23.0 Å². The third-order valence-corrected chi connectivity index (χ3v) is 6.45. The molecule has 0 radical (unpaired) electrons. The van der Waals surface area contributed by atoms with Crippen molar-refractivity contribution in [2.24, 2.45) is 5.92 Å². The summed E-state index contributed by atoms with van der Waals surface area (Å²) in [6.45, 7) is 1.37. The quantitative estimate of drug-likeness (QED) is 0.682. The Bertz CT molecular complexity index is 885. The van der Waals surface area contributed by atoms with Crippen LogP contribution in [0.4, 0.5) is 0 Å². The summed E-state index contributed by atoms with van der Waals surface area (Å²) < 4.78 is 36.1. The van der Waals surface area contributed by atoms with Gasteiger partial charge in [0, 0.05) is 0 Å². The molecule has 2 aromatic rings. The Balaban J connectivity index is 1.66. The van der Waals surface area contributed by atoms with Gasteiger partial charge in [-0.3, -0.25) is 0 Å². The van der Waals surface area contributed by atoms with Crippen LogP contribution in [0.3, 0.4) is 0 Å². The van der Waals surface area contributed by atoms with Crippen molar-refractivity contribution >= 4 is 5.97 Å². The fourth-order valence-electron chi connectivity index (χ4n) is 4.61. The highest BCUT2D eigenvalue weighted by molar-refractivity contribution is 5.68. The van der Waals surface area contributed by atoms with Gasteiger partial charge in [-0.15, -0.1) is 0 Å². The van der Waals surface area contributed by atoms with E-state index in [0.29, 0.717) is 49.4 Å². The number of hydrogen-bond donors (Lipinski definition) is 1. The van der Waals surface area contributed by atoms with Gasteiger partial charge in [0.1, 0.15) is 38.6 Å². The molecule has 2 aliphatic rings. The lowest BCUT2D eigenvalue weighted by Crippen LogP contribution is -2.52. The summed E-state index contributed by atoms with van der Waals surface area (Å²) in [5.41, 5.74) is -0.959. The van der Waals surface area contributed by atoms with E-state index in [9.17, 15) is 9.90 Å². The third kappa shape index (κ3) is 7.02. The number of hydrogen-bond acceptors (Lipinski definition) is 7. The van der Waals surface area contributed by atoms with E-state index in [0.717, 1.165) is 32.1 Å². The highest BCUT2D eigenvalue weighted by Gasteiger charge is 2.43. The molecule has 4 rings (SSSR count). The fraction of sp³-hybridized carbons (Fsp3) is 0.519. The van der Waals surface area contributed by atoms with Gasteiger partial charge in [0.15, 0.2) is 23.0 Å². The van der Waals surface area contributed by atoms with Crippen LogP contribution >= 0.6 is 0 Å². The number of fused-ring (bicyclic) bond motifs is 2. The van der Waals surface area contributed by atoms with E-state index in [2.05, 4.69) is 0 Å². The molecule has 0 aromatic heterocycles. The lowest BCUT2D eigenvalue weighted by molar-refractivity contribution is -0.167. The van der Waals surface area contributed by atoms with Crippen molar-refractivity contribution in [3.63, 3.8) is 0 Å². The molecule has 8 heteroatoms. The first-order valence-electron chi connectivity index (χ1n) is 12.3. The first-order chi connectivity index (χ1) is 17.2. The van der Waals surface area contributed by atoms with E-state index in [4.69, 9.17) is 28.4 Å². The summed E-state index contributed by atoms with van der Waals surface area (Å²) in [6.07, 6.45) is 5.10. The van der Waals surface area contributed by atoms with E-state index in [-0.39, 0.29) is 19.1 Å². The van der Waals surface area contributed by atoms with Gasteiger partial charge < -0.3 is 33.5 Å². The summed E-state index contributed by atoms with van der Waals surface area (Å²) in [5.74, 6) is 1.40. The minimum atomic E-state index is -1.03. The number of rotatable bonds is 4. The summed E-state index contributed by atoms with van der Waals surface area (Å²) in [5, 5.41) is 9.45. The third-order valence-electron chi connectivity index (χ3n) is 6.45. The fourth-order valence-corrected chi connectivity index (χ4v) is 4.61. The maximum Gasteiger partial charge on any atom is 0.329 e. The van der Waals surface area contributed by atoms with Crippen LogP contribution < -0.4 is 18.9 Å². The zero-order valence-electron chi connectivity index (χ0n) is 20.0. The number of aliphatic carboxylic acids is 1. The molecule has 1 fully saturated rings. The molecule has 0 amide bonds. The maximum atomic E-state index is 11.5. The highest BCUT2D eigenvalue weighted by atomic mass is 16.6. The maximum absolute atomic E-state index is 11.5. The number of carboxylic acid groups (broad SMARTS) is 1. The van der Waals surface area contributed by atoms with Crippen molar-refractivity contribution in [2.45, 2.75) is 37.7 Å². The van der Waals surface area contributed by atoms with Gasteiger partial charge in [0.05, 0.1) is 13.2 Å². The minimum Gasteiger partial charge on any atom is -0.487 e. The predicted molar refractivity (Wildman–Crippen MR) is 129 cm³/mol. The topological polar surface area (TPSA) is 92.7 Å². The molecule has 1 heterocycles. The van der Waals surface area contributed by atoms with Crippen LogP contribution in [0.1, 0.15) is 32.1 Å². The van der Waals surface area contributed by atoms with E-state index in [1.807, 2.05) is 48.5 Å². The lowest BCUT2D eigenvalue weighted by atomic mass is 9.77. The molecule has 35 heavy (non-hydrogen) atoms. The van der Waals surface area contributed by atoms with E-state index in [1.165, 1.54) is 0 Å². The van der Waals surface area contributed by atoms with Crippen molar-refractivity contribution in [3.8, 4) is 23.0 Å². The number of carbonyl (C=O) groups is 1. The Kier molecular flexibility index (Phi) is 9.08. The second-order valence-corrected chi connectivity index (χ2v) is 8.86. The highest BCUT2D eigenvalue weighted by Crippen LogP contribution is 2.38. The van der Waals surface area contributed by atoms with Gasteiger partial charge in [0.2, 0.25) is 0 Å². The molecule has 190 valence electrons. The molecular formula is C27H34O8. The summed E-state index contributed by atoms with van der Waals surface area (Å²) in [6, 6.07) is 14.9.